The van der Waals surface area contributed by atoms with Crippen LogP contribution >= 0.6 is 0 Å². The summed E-state index contributed by atoms with van der Waals surface area (Å²) in [4.78, 5) is 12.4. The Balaban J connectivity index is 1.94. The van der Waals surface area contributed by atoms with E-state index in [0.29, 0.717) is 11.5 Å². The van der Waals surface area contributed by atoms with Gasteiger partial charge in [-0.3, -0.25) is 4.79 Å². The van der Waals surface area contributed by atoms with E-state index in [0.717, 1.165) is 25.7 Å². The van der Waals surface area contributed by atoms with Crippen LogP contribution in [0.2, 0.25) is 0 Å². The molecule has 0 saturated heterocycles. The molecule has 1 aromatic carbocycles. The normalized spacial score (nSPS) is 16.3. The van der Waals surface area contributed by atoms with Gasteiger partial charge in [-0.1, -0.05) is 13.8 Å². The number of hydrogen-bond acceptors (Lipinski definition) is 3. The second kappa shape index (κ2) is 7.45. The molecule has 0 aromatic heterocycles. The molecule has 1 amide bonds. The maximum absolute atomic E-state index is 12.2. The molecule has 1 unspecified atom stereocenters. The van der Waals surface area contributed by atoms with E-state index in [1.54, 1.807) is 12.1 Å². The zero-order chi connectivity index (χ0) is 17.0. The lowest BCUT2D eigenvalue weighted by Crippen LogP contribution is -2.32. The van der Waals surface area contributed by atoms with Crippen molar-refractivity contribution in [3.8, 4) is 0 Å². The number of carbonyl (C=O) groups is 1. The van der Waals surface area contributed by atoms with E-state index in [1.165, 1.54) is 12.1 Å². The van der Waals surface area contributed by atoms with Gasteiger partial charge in [0.25, 0.3) is 5.91 Å². The molecule has 2 rings (SSSR count). The van der Waals surface area contributed by atoms with E-state index in [1.807, 2.05) is 6.92 Å². The summed E-state index contributed by atoms with van der Waals surface area (Å²) < 4.78 is 26.8. The monoisotopic (exact) mass is 338 g/mol. The molecule has 6 heteroatoms. The Morgan fingerprint density at radius 2 is 1.74 bits per heavy atom. The summed E-state index contributed by atoms with van der Waals surface area (Å²) in [6.45, 7) is 6.30. The molecule has 1 aliphatic rings. The van der Waals surface area contributed by atoms with Gasteiger partial charge in [0.2, 0.25) is 10.0 Å². The van der Waals surface area contributed by atoms with Crippen LogP contribution in [0.1, 0.15) is 56.8 Å². The molecule has 1 saturated carbocycles. The zero-order valence-corrected chi connectivity index (χ0v) is 14.8. The van der Waals surface area contributed by atoms with Crippen molar-refractivity contribution >= 4 is 15.9 Å². The van der Waals surface area contributed by atoms with Gasteiger partial charge in [-0.05, 0) is 62.8 Å². The van der Waals surface area contributed by atoms with Crippen molar-refractivity contribution in [2.45, 2.75) is 63.4 Å². The van der Waals surface area contributed by atoms with E-state index in [2.05, 4.69) is 23.9 Å². The number of nitrogens with one attached hydrogen (secondary N) is 2. The largest absolute Gasteiger partial charge is 0.350 e. The van der Waals surface area contributed by atoms with Crippen LogP contribution in [0.15, 0.2) is 29.2 Å². The summed E-state index contributed by atoms with van der Waals surface area (Å²) in [5.41, 5.74) is 0.478. The molecular formula is C17H26N2O3S. The lowest BCUT2D eigenvalue weighted by atomic mass is 10.0. The van der Waals surface area contributed by atoms with Gasteiger partial charge in [-0.25, -0.2) is 13.1 Å². The Labute approximate surface area is 138 Å². The van der Waals surface area contributed by atoms with Crippen molar-refractivity contribution in [2.75, 3.05) is 0 Å². The van der Waals surface area contributed by atoms with Crippen molar-refractivity contribution in [1.82, 2.24) is 10.0 Å². The first-order valence-corrected chi connectivity index (χ1v) is 9.69. The molecule has 1 fully saturated rings. The summed E-state index contributed by atoms with van der Waals surface area (Å²) in [6, 6.07) is 6.27. The van der Waals surface area contributed by atoms with Crippen molar-refractivity contribution in [3.63, 3.8) is 0 Å². The molecular weight excluding hydrogens is 312 g/mol. The second-order valence-corrected chi connectivity index (χ2v) is 8.48. The lowest BCUT2D eigenvalue weighted by molar-refractivity contribution is 0.0937. The molecule has 0 radical (unpaired) electrons. The Hall–Kier alpha value is -1.40. The molecule has 23 heavy (non-hydrogen) atoms. The zero-order valence-electron chi connectivity index (χ0n) is 14.0. The first kappa shape index (κ1) is 17.9. The van der Waals surface area contributed by atoms with Crippen LogP contribution in [-0.2, 0) is 10.0 Å². The van der Waals surface area contributed by atoms with Crippen molar-refractivity contribution in [3.05, 3.63) is 29.8 Å². The molecule has 0 spiro atoms. The van der Waals surface area contributed by atoms with E-state index in [9.17, 15) is 13.2 Å². The molecule has 1 aliphatic carbocycles. The average molecular weight is 338 g/mol. The first-order valence-electron chi connectivity index (χ1n) is 8.21. The van der Waals surface area contributed by atoms with E-state index >= 15 is 0 Å². The van der Waals surface area contributed by atoms with Gasteiger partial charge in [0, 0.05) is 17.6 Å². The minimum absolute atomic E-state index is 0.0739. The minimum Gasteiger partial charge on any atom is -0.350 e. The Bertz CT molecular complexity index is 634. The van der Waals surface area contributed by atoms with Crippen LogP contribution in [0.4, 0.5) is 0 Å². The summed E-state index contributed by atoms with van der Waals surface area (Å²) in [5, 5.41) is 2.95. The van der Waals surface area contributed by atoms with Crippen LogP contribution in [0, 0.1) is 5.92 Å². The third kappa shape index (κ3) is 5.62. The molecule has 128 valence electrons. The van der Waals surface area contributed by atoms with Gasteiger partial charge >= 0.3 is 0 Å². The van der Waals surface area contributed by atoms with Gasteiger partial charge in [0.15, 0.2) is 0 Å². The number of carbonyl (C=O) groups excluding carboxylic acids is 1. The number of hydrogen-bond donors (Lipinski definition) is 2. The molecule has 5 nitrogen and oxygen atoms in total. The van der Waals surface area contributed by atoms with Crippen molar-refractivity contribution in [1.29, 1.82) is 0 Å². The molecule has 1 atom stereocenters. The molecule has 0 heterocycles. The van der Waals surface area contributed by atoms with Gasteiger partial charge in [-0.2, -0.15) is 0 Å². The van der Waals surface area contributed by atoms with Gasteiger partial charge in [0.05, 0.1) is 4.90 Å². The molecule has 0 bridgehead atoms. The highest BCUT2D eigenvalue weighted by atomic mass is 32.2. The number of benzene rings is 1. The fourth-order valence-electron chi connectivity index (χ4n) is 2.24. The summed E-state index contributed by atoms with van der Waals surface area (Å²) in [7, 11) is -3.46. The molecule has 2 N–H and O–H groups in total. The van der Waals surface area contributed by atoms with E-state index in [-0.39, 0.29) is 22.9 Å². The van der Waals surface area contributed by atoms with Crippen LogP contribution in [0.3, 0.4) is 0 Å². The van der Waals surface area contributed by atoms with Gasteiger partial charge < -0.3 is 5.32 Å². The standard InChI is InChI=1S/C17H26N2O3S/c1-12(2)4-5-13(3)18-17(20)14-6-10-16(11-7-14)23(21,22)19-15-8-9-15/h6-7,10-13,15,19H,4-5,8-9H2,1-3H3,(H,18,20). The van der Waals surface area contributed by atoms with Crippen LogP contribution in [0.5, 0.6) is 0 Å². The Morgan fingerprint density at radius 3 is 2.26 bits per heavy atom. The summed E-state index contributed by atoms with van der Waals surface area (Å²) in [6.07, 6.45) is 3.79. The van der Waals surface area contributed by atoms with Gasteiger partial charge in [0.1, 0.15) is 0 Å². The SMILES string of the molecule is CC(C)CCC(C)NC(=O)c1ccc(S(=O)(=O)NC2CC2)cc1. The van der Waals surface area contributed by atoms with Crippen molar-refractivity contribution < 1.29 is 13.2 Å². The minimum atomic E-state index is -3.46. The topological polar surface area (TPSA) is 75.3 Å². The first-order chi connectivity index (χ1) is 10.8. The van der Waals surface area contributed by atoms with E-state index < -0.39 is 10.0 Å². The summed E-state index contributed by atoms with van der Waals surface area (Å²) >= 11 is 0. The second-order valence-electron chi connectivity index (χ2n) is 6.77. The van der Waals surface area contributed by atoms with Gasteiger partial charge in [-0.15, -0.1) is 0 Å². The fraction of sp³-hybridized carbons (Fsp3) is 0.588. The van der Waals surface area contributed by atoms with Crippen LogP contribution in [0.25, 0.3) is 0 Å². The van der Waals surface area contributed by atoms with E-state index in [4.69, 9.17) is 0 Å². The maximum atomic E-state index is 12.2. The number of rotatable bonds is 8. The summed E-state index contributed by atoms with van der Waals surface area (Å²) in [5.74, 6) is 0.443. The van der Waals surface area contributed by atoms with Crippen molar-refractivity contribution in [2.24, 2.45) is 5.92 Å². The Morgan fingerprint density at radius 1 is 1.13 bits per heavy atom. The average Bonchev–Trinajstić information content (AvgIpc) is 3.28. The quantitative estimate of drug-likeness (QED) is 0.765. The number of sulfonamides is 1. The third-order valence-corrected chi connectivity index (χ3v) is 5.42. The van der Waals surface area contributed by atoms with Crippen LogP contribution in [-0.4, -0.2) is 26.4 Å². The maximum Gasteiger partial charge on any atom is 0.251 e. The third-order valence-electron chi connectivity index (χ3n) is 3.88. The fourth-order valence-corrected chi connectivity index (χ4v) is 3.54. The molecule has 0 aliphatic heterocycles. The Kier molecular flexibility index (Phi) is 5.81. The van der Waals surface area contributed by atoms with Crippen LogP contribution < -0.4 is 10.0 Å². The predicted molar refractivity (Wildman–Crippen MR) is 90.8 cm³/mol. The smallest absolute Gasteiger partial charge is 0.251 e. The number of amides is 1. The predicted octanol–water partition coefficient (Wildman–Crippen LogP) is 2.68. The highest BCUT2D eigenvalue weighted by Gasteiger charge is 2.27. The highest BCUT2D eigenvalue weighted by molar-refractivity contribution is 7.89. The highest BCUT2D eigenvalue weighted by Crippen LogP contribution is 2.22. The lowest BCUT2D eigenvalue weighted by Gasteiger charge is -2.15. The molecule has 1 aromatic rings.